The molecule has 1 aliphatic rings. The number of aromatic amines is 1. The Labute approximate surface area is 171 Å². The summed E-state index contributed by atoms with van der Waals surface area (Å²) in [5, 5.41) is 6.46. The first kappa shape index (κ1) is 17.6. The molecule has 1 aliphatic carbocycles. The molecule has 0 radical (unpaired) electrons. The van der Waals surface area contributed by atoms with Gasteiger partial charge >= 0.3 is 0 Å². The largest absolute Gasteiger partial charge is 0.338 e. The first-order valence-electron chi connectivity index (χ1n) is 9.43. The SMILES string of the molecule is O=C(Nc1ccc(-c2nc3ccccc3[nH]2)cc1)c1ccc(NC(=O)C2CC2)s1. The standard InChI is InChI=1S/C22H18N4O2S/c27-21(14-5-6-14)26-19-12-11-18(29-19)22(28)23-15-9-7-13(8-10-15)20-24-16-3-1-2-4-17(16)25-20/h1-4,7-12,14H,5-6H2,(H,23,28)(H,24,25)(H,26,27). The molecule has 29 heavy (non-hydrogen) atoms. The number of imidazole rings is 1. The minimum Gasteiger partial charge on any atom is -0.338 e. The van der Waals surface area contributed by atoms with Gasteiger partial charge in [0.1, 0.15) is 5.82 Å². The number of benzene rings is 2. The van der Waals surface area contributed by atoms with Gasteiger partial charge < -0.3 is 15.6 Å². The Bertz CT molecular complexity index is 1170. The molecule has 0 unspecified atom stereocenters. The van der Waals surface area contributed by atoms with E-state index in [4.69, 9.17) is 0 Å². The minimum atomic E-state index is -0.196. The zero-order valence-electron chi connectivity index (χ0n) is 15.4. The molecule has 4 aromatic rings. The Balaban J connectivity index is 1.26. The third-order valence-corrected chi connectivity index (χ3v) is 5.83. The summed E-state index contributed by atoms with van der Waals surface area (Å²) in [7, 11) is 0. The van der Waals surface area contributed by atoms with Crippen LogP contribution >= 0.6 is 11.3 Å². The van der Waals surface area contributed by atoms with Crippen molar-refractivity contribution in [2.75, 3.05) is 10.6 Å². The highest BCUT2D eigenvalue weighted by Crippen LogP contribution is 2.32. The number of carbonyl (C=O) groups is 2. The summed E-state index contributed by atoms with van der Waals surface area (Å²) in [6.07, 6.45) is 1.91. The summed E-state index contributed by atoms with van der Waals surface area (Å²) >= 11 is 1.28. The van der Waals surface area contributed by atoms with Crippen LogP contribution in [0.2, 0.25) is 0 Å². The van der Waals surface area contributed by atoms with Crippen molar-refractivity contribution in [3.63, 3.8) is 0 Å². The number of nitrogens with zero attached hydrogens (tertiary/aromatic N) is 1. The molecule has 5 rings (SSSR count). The topological polar surface area (TPSA) is 86.9 Å². The summed E-state index contributed by atoms with van der Waals surface area (Å²) < 4.78 is 0. The van der Waals surface area contributed by atoms with Crippen LogP contribution < -0.4 is 10.6 Å². The predicted molar refractivity (Wildman–Crippen MR) is 115 cm³/mol. The van der Waals surface area contributed by atoms with Gasteiger partial charge in [0.25, 0.3) is 5.91 Å². The van der Waals surface area contributed by atoms with E-state index in [0.29, 0.717) is 15.6 Å². The molecule has 7 heteroatoms. The van der Waals surface area contributed by atoms with E-state index in [2.05, 4.69) is 20.6 Å². The second kappa shape index (κ2) is 7.18. The highest BCUT2D eigenvalue weighted by atomic mass is 32.1. The lowest BCUT2D eigenvalue weighted by Gasteiger charge is -2.04. The Kier molecular flexibility index (Phi) is 4.37. The van der Waals surface area contributed by atoms with Crippen molar-refractivity contribution >= 4 is 44.9 Å². The molecule has 1 saturated carbocycles. The van der Waals surface area contributed by atoms with E-state index in [1.54, 1.807) is 12.1 Å². The molecule has 0 atom stereocenters. The van der Waals surface area contributed by atoms with Crippen LogP contribution in [0.4, 0.5) is 10.7 Å². The van der Waals surface area contributed by atoms with Gasteiger partial charge in [-0.05, 0) is 61.4 Å². The maximum atomic E-state index is 12.5. The smallest absolute Gasteiger partial charge is 0.265 e. The molecule has 0 bridgehead atoms. The Morgan fingerprint density at radius 2 is 1.76 bits per heavy atom. The van der Waals surface area contributed by atoms with Gasteiger partial charge in [0, 0.05) is 17.2 Å². The maximum absolute atomic E-state index is 12.5. The number of thiophene rings is 1. The fourth-order valence-electron chi connectivity index (χ4n) is 3.09. The molecule has 0 spiro atoms. The van der Waals surface area contributed by atoms with Gasteiger partial charge in [-0.15, -0.1) is 11.3 Å². The van der Waals surface area contributed by atoms with E-state index in [1.807, 2.05) is 48.5 Å². The summed E-state index contributed by atoms with van der Waals surface area (Å²) in [6.45, 7) is 0. The van der Waals surface area contributed by atoms with E-state index in [0.717, 1.165) is 35.3 Å². The minimum absolute atomic E-state index is 0.0417. The number of amides is 2. The molecule has 6 nitrogen and oxygen atoms in total. The van der Waals surface area contributed by atoms with Gasteiger partial charge in [0.05, 0.1) is 20.9 Å². The monoisotopic (exact) mass is 402 g/mol. The maximum Gasteiger partial charge on any atom is 0.265 e. The van der Waals surface area contributed by atoms with Gasteiger partial charge in [0.2, 0.25) is 5.91 Å². The van der Waals surface area contributed by atoms with Crippen LogP contribution in [0.3, 0.4) is 0 Å². The Morgan fingerprint density at radius 1 is 0.966 bits per heavy atom. The van der Waals surface area contributed by atoms with Gasteiger partial charge in [-0.2, -0.15) is 0 Å². The van der Waals surface area contributed by atoms with E-state index >= 15 is 0 Å². The summed E-state index contributed by atoms with van der Waals surface area (Å²) in [6, 6.07) is 18.9. The number of anilines is 2. The van der Waals surface area contributed by atoms with E-state index in [-0.39, 0.29) is 17.7 Å². The molecule has 2 amide bonds. The number of para-hydroxylation sites is 2. The third kappa shape index (κ3) is 3.77. The van der Waals surface area contributed by atoms with Crippen molar-refractivity contribution in [2.45, 2.75) is 12.8 Å². The van der Waals surface area contributed by atoms with Gasteiger partial charge in [0.15, 0.2) is 0 Å². The van der Waals surface area contributed by atoms with Crippen molar-refractivity contribution in [1.29, 1.82) is 0 Å². The van der Waals surface area contributed by atoms with Gasteiger partial charge in [-0.25, -0.2) is 4.98 Å². The second-order valence-corrected chi connectivity index (χ2v) is 8.15. The molecular weight excluding hydrogens is 384 g/mol. The normalized spacial score (nSPS) is 13.4. The Hall–Kier alpha value is -3.45. The second-order valence-electron chi connectivity index (χ2n) is 7.06. The molecule has 2 aromatic carbocycles. The molecular formula is C22H18N4O2S. The van der Waals surface area contributed by atoms with Crippen LogP contribution in [0, 0.1) is 5.92 Å². The number of H-pyrrole nitrogens is 1. The zero-order chi connectivity index (χ0) is 19.8. The van der Waals surface area contributed by atoms with Crippen molar-refractivity contribution in [2.24, 2.45) is 5.92 Å². The number of rotatable bonds is 5. The Morgan fingerprint density at radius 3 is 2.52 bits per heavy atom. The lowest BCUT2D eigenvalue weighted by Crippen LogP contribution is -2.12. The van der Waals surface area contributed by atoms with Crippen molar-refractivity contribution in [1.82, 2.24) is 9.97 Å². The number of nitrogens with one attached hydrogen (secondary N) is 3. The number of aromatic nitrogens is 2. The van der Waals surface area contributed by atoms with Crippen LogP contribution in [-0.4, -0.2) is 21.8 Å². The number of fused-ring (bicyclic) bond motifs is 1. The van der Waals surface area contributed by atoms with Crippen LogP contribution in [0.15, 0.2) is 60.7 Å². The van der Waals surface area contributed by atoms with E-state index < -0.39 is 0 Å². The van der Waals surface area contributed by atoms with Crippen LogP contribution in [-0.2, 0) is 4.79 Å². The van der Waals surface area contributed by atoms with Crippen LogP contribution in [0.5, 0.6) is 0 Å². The van der Waals surface area contributed by atoms with Gasteiger partial charge in [-0.1, -0.05) is 12.1 Å². The molecule has 0 aliphatic heterocycles. The van der Waals surface area contributed by atoms with Crippen LogP contribution in [0.25, 0.3) is 22.4 Å². The average Bonchev–Trinajstić information content (AvgIpc) is 3.33. The molecule has 2 aromatic heterocycles. The highest BCUT2D eigenvalue weighted by molar-refractivity contribution is 7.18. The van der Waals surface area contributed by atoms with Gasteiger partial charge in [-0.3, -0.25) is 9.59 Å². The fraction of sp³-hybridized carbons (Fsp3) is 0.136. The van der Waals surface area contributed by atoms with Crippen molar-refractivity contribution in [3.05, 3.63) is 65.5 Å². The third-order valence-electron chi connectivity index (χ3n) is 4.83. The lowest BCUT2D eigenvalue weighted by atomic mass is 10.2. The quantitative estimate of drug-likeness (QED) is 0.444. The lowest BCUT2D eigenvalue weighted by molar-refractivity contribution is -0.117. The molecule has 144 valence electrons. The fourth-order valence-corrected chi connectivity index (χ4v) is 3.89. The summed E-state index contributed by atoms with van der Waals surface area (Å²) in [5.41, 5.74) is 3.55. The molecule has 2 heterocycles. The summed E-state index contributed by atoms with van der Waals surface area (Å²) in [5.74, 6) is 0.774. The first-order valence-corrected chi connectivity index (χ1v) is 10.2. The van der Waals surface area contributed by atoms with E-state index in [1.165, 1.54) is 11.3 Å². The molecule has 0 saturated heterocycles. The number of hydrogen-bond acceptors (Lipinski definition) is 4. The first-order chi connectivity index (χ1) is 14.2. The van der Waals surface area contributed by atoms with Crippen LogP contribution in [0.1, 0.15) is 22.5 Å². The highest BCUT2D eigenvalue weighted by Gasteiger charge is 2.29. The average molecular weight is 402 g/mol. The van der Waals surface area contributed by atoms with Crippen molar-refractivity contribution in [3.8, 4) is 11.4 Å². The summed E-state index contributed by atoms with van der Waals surface area (Å²) in [4.78, 5) is 32.8. The predicted octanol–water partition coefficient (Wildman–Crippen LogP) is 4.89. The van der Waals surface area contributed by atoms with E-state index in [9.17, 15) is 9.59 Å². The molecule has 3 N–H and O–H groups in total. The van der Waals surface area contributed by atoms with Crippen molar-refractivity contribution < 1.29 is 9.59 Å². The number of carbonyl (C=O) groups excluding carboxylic acids is 2. The number of hydrogen-bond donors (Lipinski definition) is 3. The zero-order valence-corrected chi connectivity index (χ0v) is 16.3. The molecule has 1 fully saturated rings.